The van der Waals surface area contributed by atoms with Crippen LogP contribution in [-0.4, -0.2) is 43.1 Å². The maximum Gasteiger partial charge on any atom is 0.132 e. The minimum absolute atomic E-state index is 0.255. The molecule has 2 aromatic carbocycles. The van der Waals surface area contributed by atoms with Crippen molar-refractivity contribution in [1.82, 2.24) is 10.2 Å². The van der Waals surface area contributed by atoms with E-state index in [0.29, 0.717) is 11.5 Å². The van der Waals surface area contributed by atoms with E-state index in [0.717, 1.165) is 60.1 Å². The van der Waals surface area contributed by atoms with Crippen LogP contribution in [0.3, 0.4) is 0 Å². The lowest BCUT2D eigenvalue weighted by molar-refractivity contribution is 0.0640. The second-order valence-electron chi connectivity index (χ2n) is 8.91. The van der Waals surface area contributed by atoms with Crippen LogP contribution < -0.4 is 10.6 Å². The molecule has 1 saturated heterocycles. The highest BCUT2D eigenvalue weighted by Gasteiger charge is 2.15. The summed E-state index contributed by atoms with van der Waals surface area (Å²) < 4.78 is 5.45. The minimum atomic E-state index is 0.255. The van der Waals surface area contributed by atoms with Gasteiger partial charge in [-0.25, -0.2) is 4.99 Å². The van der Waals surface area contributed by atoms with Gasteiger partial charge >= 0.3 is 0 Å². The van der Waals surface area contributed by atoms with E-state index in [-0.39, 0.29) is 5.71 Å². The maximum absolute atomic E-state index is 8.51. The Morgan fingerprint density at radius 1 is 1.06 bits per heavy atom. The smallest absolute Gasteiger partial charge is 0.132 e. The van der Waals surface area contributed by atoms with Crippen LogP contribution in [0.2, 0.25) is 0 Å². The lowest BCUT2D eigenvalue weighted by Gasteiger charge is -2.31. The van der Waals surface area contributed by atoms with Crippen LogP contribution in [0.25, 0.3) is 11.4 Å². The van der Waals surface area contributed by atoms with E-state index in [2.05, 4.69) is 84.8 Å². The number of benzene rings is 2. The summed E-state index contributed by atoms with van der Waals surface area (Å²) in [4.78, 5) is 6.64. The number of nitrogens with zero attached hydrogens (tertiary/aromatic N) is 2. The van der Waals surface area contributed by atoms with Crippen molar-refractivity contribution in [1.29, 1.82) is 5.41 Å². The molecule has 0 atom stereocenters. The van der Waals surface area contributed by atoms with Crippen molar-refractivity contribution < 1.29 is 4.74 Å². The van der Waals surface area contributed by atoms with Crippen LogP contribution in [0.4, 0.5) is 5.69 Å². The topological polar surface area (TPSA) is 72.7 Å². The first-order valence-corrected chi connectivity index (χ1v) is 11.8. The second kappa shape index (κ2) is 10.6. The Labute approximate surface area is 207 Å². The SMILES string of the molecule is C=C(Nc1ccc(C(=C)N2CCOCC2)c(C)c1)C(=N)/C=C1/N=CC=C(c2ccc(C)c(C)c2)N1. The molecular formula is C29H33N5O. The van der Waals surface area contributed by atoms with Crippen LogP contribution in [0.15, 0.2) is 78.2 Å². The van der Waals surface area contributed by atoms with Gasteiger partial charge in [0.05, 0.1) is 24.6 Å². The molecule has 2 aliphatic heterocycles. The number of hydrogen-bond donors (Lipinski definition) is 3. The molecule has 6 nitrogen and oxygen atoms in total. The predicted molar refractivity (Wildman–Crippen MR) is 147 cm³/mol. The van der Waals surface area contributed by atoms with Crippen LogP contribution >= 0.6 is 0 Å². The lowest BCUT2D eigenvalue weighted by Crippen LogP contribution is -2.34. The van der Waals surface area contributed by atoms with Crippen LogP contribution in [-0.2, 0) is 4.74 Å². The highest BCUT2D eigenvalue weighted by atomic mass is 16.5. The van der Waals surface area contributed by atoms with Gasteiger partial charge in [0.1, 0.15) is 5.82 Å². The highest BCUT2D eigenvalue weighted by molar-refractivity contribution is 6.08. The molecule has 3 N–H and O–H groups in total. The van der Waals surface area contributed by atoms with E-state index in [9.17, 15) is 0 Å². The van der Waals surface area contributed by atoms with Gasteiger partial charge in [-0.15, -0.1) is 0 Å². The second-order valence-corrected chi connectivity index (χ2v) is 8.91. The quantitative estimate of drug-likeness (QED) is 0.476. The summed E-state index contributed by atoms with van der Waals surface area (Å²) in [6, 6.07) is 12.5. The molecule has 6 heteroatoms. The van der Waals surface area contributed by atoms with Gasteiger partial charge in [-0.1, -0.05) is 31.4 Å². The summed E-state index contributed by atoms with van der Waals surface area (Å²) in [7, 11) is 0. The molecule has 0 unspecified atom stereocenters. The fourth-order valence-electron chi connectivity index (χ4n) is 4.09. The number of anilines is 1. The van der Waals surface area contributed by atoms with Gasteiger partial charge in [0.2, 0.25) is 0 Å². The Morgan fingerprint density at radius 2 is 1.83 bits per heavy atom. The minimum Gasteiger partial charge on any atom is -0.378 e. The fourth-order valence-corrected chi connectivity index (χ4v) is 4.09. The van der Waals surface area contributed by atoms with Crippen LogP contribution in [0.1, 0.15) is 27.8 Å². The van der Waals surface area contributed by atoms with Gasteiger partial charge in [-0.2, -0.15) is 0 Å². The molecule has 2 heterocycles. The molecule has 0 amide bonds. The average molecular weight is 468 g/mol. The summed E-state index contributed by atoms with van der Waals surface area (Å²) >= 11 is 0. The molecule has 0 spiro atoms. The number of aliphatic imine (C=N–C) groups is 1. The molecule has 1 fully saturated rings. The molecule has 2 aromatic rings. The Bertz CT molecular complexity index is 1260. The number of ether oxygens (including phenoxy) is 1. The predicted octanol–water partition coefficient (Wildman–Crippen LogP) is 5.42. The van der Waals surface area contributed by atoms with Gasteiger partial charge in [0.15, 0.2) is 0 Å². The molecule has 0 aromatic heterocycles. The number of nitrogens with one attached hydrogen (secondary N) is 3. The van der Waals surface area contributed by atoms with Crippen molar-refractivity contribution in [2.24, 2.45) is 4.99 Å². The number of rotatable bonds is 7. The lowest BCUT2D eigenvalue weighted by atomic mass is 10.0. The van der Waals surface area contributed by atoms with E-state index >= 15 is 0 Å². The zero-order valence-corrected chi connectivity index (χ0v) is 20.7. The first-order chi connectivity index (χ1) is 16.8. The molecule has 180 valence electrons. The first kappa shape index (κ1) is 24.2. The summed E-state index contributed by atoms with van der Waals surface area (Å²) in [5.41, 5.74) is 9.41. The number of allylic oxidation sites excluding steroid dienone is 2. The standard InChI is InChI=1S/C29H33N5O/c1-19-6-7-24(16-20(19)2)28-10-11-31-29(33-28)18-27(30)22(4)32-25-8-9-26(21(3)17-25)23(5)34-12-14-35-15-13-34/h6-11,16-18,30,32-33H,4-5,12-15H2,1-3H3/b29-18-,30-27?. The molecule has 4 rings (SSSR count). The average Bonchev–Trinajstić information content (AvgIpc) is 2.86. The van der Waals surface area contributed by atoms with Crippen LogP contribution in [0.5, 0.6) is 0 Å². The third-order valence-corrected chi connectivity index (χ3v) is 6.37. The Balaban J connectivity index is 1.40. The van der Waals surface area contributed by atoms with Crippen molar-refractivity contribution >= 4 is 29.0 Å². The zero-order chi connectivity index (χ0) is 24.9. The van der Waals surface area contributed by atoms with Gasteiger partial charge in [-0.05, 0) is 67.3 Å². The van der Waals surface area contributed by atoms with E-state index in [1.54, 1.807) is 12.3 Å². The Morgan fingerprint density at radius 3 is 2.54 bits per heavy atom. The van der Waals surface area contributed by atoms with Crippen molar-refractivity contribution in [3.8, 4) is 0 Å². The molecule has 0 saturated carbocycles. The third-order valence-electron chi connectivity index (χ3n) is 6.37. The number of morpholine rings is 1. The van der Waals surface area contributed by atoms with Gasteiger partial charge in [0, 0.05) is 48.0 Å². The fraction of sp³-hybridized carbons (Fsp3) is 0.241. The highest BCUT2D eigenvalue weighted by Crippen LogP contribution is 2.25. The Hall–Kier alpha value is -3.90. The maximum atomic E-state index is 8.51. The van der Waals surface area contributed by atoms with E-state index < -0.39 is 0 Å². The van der Waals surface area contributed by atoms with Crippen molar-refractivity contribution in [3.63, 3.8) is 0 Å². The van der Waals surface area contributed by atoms with E-state index in [1.165, 1.54) is 11.1 Å². The summed E-state index contributed by atoms with van der Waals surface area (Å²) in [5, 5.41) is 15.1. The number of hydrogen-bond acceptors (Lipinski definition) is 6. The van der Waals surface area contributed by atoms with Crippen molar-refractivity contribution in [2.45, 2.75) is 20.8 Å². The van der Waals surface area contributed by atoms with Gasteiger partial charge in [-0.3, -0.25) is 5.41 Å². The van der Waals surface area contributed by atoms with Gasteiger partial charge in [0.25, 0.3) is 0 Å². The zero-order valence-electron chi connectivity index (χ0n) is 20.7. The van der Waals surface area contributed by atoms with E-state index in [1.807, 2.05) is 12.1 Å². The largest absolute Gasteiger partial charge is 0.378 e. The molecule has 35 heavy (non-hydrogen) atoms. The molecule has 2 aliphatic rings. The molecule has 0 radical (unpaired) electrons. The first-order valence-electron chi connectivity index (χ1n) is 11.8. The van der Waals surface area contributed by atoms with Crippen LogP contribution in [0, 0.1) is 26.2 Å². The summed E-state index contributed by atoms with van der Waals surface area (Å²) in [6.07, 6.45) is 5.37. The third kappa shape index (κ3) is 5.78. The molecule has 0 bridgehead atoms. The monoisotopic (exact) mass is 467 g/mol. The summed E-state index contributed by atoms with van der Waals surface area (Å²) in [6.45, 7) is 17.8. The van der Waals surface area contributed by atoms with Crippen molar-refractivity contribution in [2.75, 3.05) is 31.6 Å². The van der Waals surface area contributed by atoms with Crippen molar-refractivity contribution in [3.05, 3.63) is 101 Å². The van der Waals surface area contributed by atoms with E-state index in [4.69, 9.17) is 10.1 Å². The normalized spacial score (nSPS) is 16.5. The van der Waals surface area contributed by atoms with Gasteiger partial charge < -0.3 is 20.3 Å². The molecular weight excluding hydrogens is 434 g/mol. The molecule has 0 aliphatic carbocycles. The number of aryl methyl sites for hydroxylation is 3. The Kier molecular flexibility index (Phi) is 7.32. The summed E-state index contributed by atoms with van der Waals surface area (Å²) in [5.74, 6) is 0.599.